The van der Waals surface area contributed by atoms with Crippen LogP contribution in [0.15, 0.2) is 30.6 Å². The Morgan fingerprint density at radius 2 is 1.97 bits per heavy atom. The van der Waals surface area contributed by atoms with Gasteiger partial charge < -0.3 is 20.7 Å². The molecule has 0 bridgehead atoms. The number of likely N-dealkylation sites (tertiary alicyclic amines) is 1. The molecule has 0 spiro atoms. The van der Waals surface area contributed by atoms with Crippen molar-refractivity contribution >= 4 is 16.9 Å². The molecule has 3 heterocycles. The normalized spacial score (nSPS) is 23.4. The van der Waals surface area contributed by atoms with Crippen molar-refractivity contribution in [1.29, 1.82) is 0 Å². The molecular formula is C25H30FN5O2. The molecule has 1 saturated heterocycles. The van der Waals surface area contributed by atoms with Crippen LogP contribution in [0, 0.1) is 17.7 Å². The van der Waals surface area contributed by atoms with Gasteiger partial charge in [-0.3, -0.25) is 9.78 Å². The Kier molecular flexibility index (Phi) is 5.45. The molecule has 2 aromatic heterocycles. The Labute approximate surface area is 192 Å². The first-order chi connectivity index (χ1) is 15.7. The molecule has 1 aliphatic carbocycles. The van der Waals surface area contributed by atoms with E-state index in [0.717, 1.165) is 31.6 Å². The lowest BCUT2D eigenvalue weighted by Crippen LogP contribution is -2.61. The number of H-pyrrole nitrogens is 1. The molecular weight excluding hydrogens is 421 g/mol. The third-order valence-electron chi connectivity index (χ3n) is 7.19. The van der Waals surface area contributed by atoms with Gasteiger partial charge >= 0.3 is 0 Å². The van der Waals surface area contributed by atoms with E-state index in [9.17, 15) is 9.90 Å². The number of hydrogen-bond acceptors (Lipinski definition) is 5. The van der Waals surface area contributed by atoms with Gasteiger partial charge in [-0.25, -0.2) is 9.37 Å². The minimum atomic E-state index is -0.881. The van der Waals surface area contributed by atoms with E-state index in [-0.39, 0.29) is 36.1 Å². The number of hydrogen-bond donors (Lipinski definition) is 3. The molecule has 1 aromatic carbocycles. The maximum absolute atomic E-state index is 15.7. The van der Waals surface area contributed by atoms with Crippen LogP contribution in [0.1, 0.15) is 61.8 Å². The molecule has 0 radical (unpaired) electrons. The van der Waals surface area contributed by atoms with Crippen LogP contribution in [0.5, 0.6) is 0 Å². The number of pyridine rings is 1. The number of halogens is 1. The third kappa shape index (κ3) is 4.02. The second-order valence-electron chi connectivity index (χ2n) is 10.1. The standard InChI is InChI=1S/C25H30FN5O2/c1-14-3-5-15(6-4-14)21(27)23-29-19-8-7-16(20(26)22(19)30-23)18-11-28-10-9-17(18)24(32)31-12-25(2,33)13-31/h7-11,14-15,21,33H,3-6,12-13,27H2,1-2H3,(H,29,30)/t14?,15?,21-/m0/s1. The molecule has 4 N–H and O–H groups in total. The van der Waals surface area contributed by atoms with Crippen LogP contribution in [-0.2, 0) is 0 Å². The molecule has 1 saturated carbocycles. The number of nitrogens with two attached hydrogens (primary N) is 1. The van der Waals surface area contributed by atoms with Crippen LogP contribution in [0.4, 0.5) is 4.39 Å². The number of nitrogens with zero attached hydrogens (tertiary/aromatic N) is 3. The zero-order chi connectivity index (χ0) is 23.3. The summed E-state index contributed by atoms with van der Waals surface area (Å²) in [5.74, 6) is 0.904. The largest absolute Gasteiger partial charge is 0.386 e. The summed E-state index contributed by atoms with van der Waals surface area (Å²) in [7, 11) is 0. The molecule has 1 atom stereocenters. The fourth-order valence-electron chi connectivity index (χ4n) is 5.18. The summed E-state index contributed by atoms with van der Waals surface area (Å²) in [6.07, 6.45) is 7.43. The number of aromatic nitrogens is 3. The zero-order valence-electron chi connectivity index (χ0n) is 19.0. The van der Waals surface area contributed by atoms with Crippen molar-refractivity contribution in [3.05, 3.63) is 47.8 Å². The Hall–Kier alpha value is -2.84. The van der Waals surface area contributed by atoms with E-state index in [4.69, 9.17) is 5.73 Å². The highest BCUT2D eigenvalue weighted by Gasteiger charge is 2.40. The lowest BCUT2D eigenvalue weighted by molar-refractivity contribution is -0.0668. The summed E-state index contributed by atoms with van der Waals surface area (Å²) in [6.45, 7) is 4.44. The highest BCUT2D eigenvalue weighted by atomic mass is 19.1. The first-order valence-corrected chi connectivity index (χ1v) is 11.6. The zero-order valence-corrected chi connectivity index (χ0v) is 19.0. The van der Waals surface area contributed by atoms with E-state index < -0.39 is 11.4 Å². The summed E-state index contributed by atoms with van der Waals surface area (Å²) < 4.78 is 15.7. The van der Waals surface area contributed by atoms with Crippen LogP contribution in [-0.4, -0.2) is 49.6 Å². The van der Waals surface area contributed by atoms with E-state index in [2.05, 4.69) is 21.9 Å². The summed E-state index contributed by atoms with van der Waals surface area (Å²) in [6, 6.07) is 4.75. The van der Waals surface area contributed by atoms with Gasteiger partial charge in [0.05, 0.1) is 35.8 Å². The summed E-state index contributed by atoms with van der Waals surface area (Å²) >= 11 is 0. The van der Waals surface area contributed by atoms with Crippen LogP contribution in [0.3, 0.4) is 0 Å². The maximum atomic E-state index is 15.7. The Bertz CT molecular complexity index is 1190. The predicted octanol–water partition coefficient (Wildman–Crippen LogP) is 3.80. The summed E-state index contributed by atoms with van der Waals surface area (Å²) in [5, 5.41) is 9.99. The van der Waals surface area contributed by atoms with E-state index in [0.29, 0.717) is 28.4 Å². The predicted molar refractivity (Wildman–Crippen MR) is 124 cm³/mol. The number of benzene rings is 1. The quantitative estimate of drug-likeness (QED) is 0.559. The average Bonchev–Trinajstić information content (AvgIpc) is 3.23. The topological polar surface area (TPSA) is 108 Å². The highest BCUT2D eigenvalue weighted by molar-refractivity contribution is 6.02. The maximum Gasteiger partial charge on any atom is 0.254 e. The first-order valence-electron chi connectivity index (χ1n) is 11.6. The number of β-amino-alcohol motifs (C(OH)–C–C–N with tert-alkyl or cyclic N) is 1. The molecule has 174 valence electrons. The van der Waals surface area contributed by atoms with E-state index in [1.165, 1.54) is 12.4 Å². The van der Waals surface area contributed by atoms with Crippen molar-refractivity contribution < 1.29 is 14.3 Å². The Morgan fingerprint density at radius 3 is 2.67 bits per heavy atom. The van der Waals surface area contributed by atoms with Crippen molar-refractivity contribution in [3.63, 3.8) is 0 Å². The monoisotopic (exact) mass is 451 g/mol. The van der Waals surface area contributed by atoms with Gasteiger partial charge in [0.25, 0.3) is 5.91 Å². The lowest BCUT2D eigenvalue weighted by atomic mass is 9.79. The number of aromatic amines is 1. The Morgan fingerprint density at radius 1 is 1.24 bits per heavy atom. The second kappa shape index (κ2) is 8.18. The fraction of sp³-hybridized carbons (Fsp3) is 0.480. The molecule has 2 aliphatic rings. The van der Waals surface area contributed by atoms with Gasteiger partial charge in [0.2, 0.25) is 0 Å². The van der Waals surface area contributed by atoms with Gasteiger partial charge in [0, 0.05) is 23.5 Å². The molecule has 8 heteroatoms. The smallest absolute Gasteiger partial charge is 0.254 e. The molecule has 3 aromatic rings. The van der Waals surface area contributed by atoms with Crippen molar-refractivity contribution in [3.8, 4) is 11.1 Å². The lowest BCUT2D eigenvalue weighted by Gasteiger charge is -2.44. The average molecular weight is 452 g/mol. The molecule has 7 nitrogen and oxygen atoms in total. The number of amides is 1. The van der Waals surface area contributed by atoms with Gasteiger partial charge in [-0.05, 0) is 49.8 Å². The van der Waals surface area contributed by atoms with Crippen LogP contribution < -0.4 is 5.73 Å². The minimum absolute atomic E-state index is 0.219. The van der Waals surface area contributed by atoms with Gasteiger partial charge in [-0.15, -0.1) is 0 Å². The molecule has 33 heavy (non-hydrogen) atoms. The van der Waals surface area contributed by atoms with E-state index in [1.807, 2.05) is 0 Å². The molecule has 2 fully saturated rings. The fourth-order valence-corrected chi connectivity index (χ4v) is 5.18. The number of nitrogens with one attached hydrogen (secondary N) is 1. The second-order valence-corrected chi connectivity index (χ2v) is 10.1. The van der Waals surface area contributed by atoms with Crippen molar-refractivity contribution in [1.82, 2.24) is 19.9 Å². The number of imidazole rings is 1. The minimum Gasteiger partial charge on any atom is -0.386 e. The molecule has 1 aliphatic heterocycles. The van der Waals surface area contributed by atoms with Crippen molar-refractivity contribution in [2.75, 3.05) is 13.1 Å². The SMILES string of the molecule is CC1CCC([C@H](N)c2nc3c(F)c(-c4cnccc4C(=O)N4CC(C)(O)C4)ccc3[nH]2)CC1. The number of carbonyl (C=O) groups excluding carboxylic acids is 1. The van der Waals surface area contributed by atoms with Gasteiger partial charge in [-0.1, -0.05) is 19.8 Å². The van der Waals surface area contributed by atoms with Gasteiger partial charge in [0.1, 0.15) is 11.3 Å². The summed E-state index contributed by atoms with van der Waals surface area (Å²) in [5.41, 5.74) is 7.47. The number of carbonyl (C=O) groups is 1. The number of aliphatic hydroxyl groups is 1. The first kappa shape index (κ1) is 22.0. The van der Waals surface area contributed by atoms with Gasteiger partial charge in [-0.2, -0.15) is 0 Å². The Balaban J connectivity index is 1.47. The van der Waals surface area contributed by atoms with Gasteiger partial charge in [0.15, 0.2) is 5.82 Å². The van der Waals surface area contributed by atoms with Crippen molar-refractivity contribution in [2.45, 2.75) is 51.2 Å². The van der Waals surface area contributed by atoms with Crippen LogP contribution in [0.25, 0.3) is 22.2 Å². The highest BCUT2D eigenvalue weighted by Crippen LogP contribution is 2.37. The number of rotatable bonds is 4. The third-order valence-corrected chi connectivity index (χ3v) is 7.19. The van der Waals surface area contributed by atoms with Crippen LogP contribution >= 0.6 is 0 Å². The van der Waals surface area contributed by atoms with E-state index in [1.54, 1.807) is 30.0 Å². The van der Waals surface area contributed by atoms with E-state index >= 15 is 4.39 Å². The molecule has 1 amide bonds. The number of fused-ring (bicyclic) bond motifs is 1. The summed E-state index contributed by atoms with van der Waals surface area (Å²) in [4.78, 5) is 26.4. The molecule has 0 unspecified atom stereocenters. The molecule has 5 rings (SSSR count). The van der Waals surface area contributed by atoms with Crippen LogP contribution in [0.2, 0.25) is 0 Å². The van der Waals surface area contributed by atoms with Crippen molar-refractivity contribution in [2.24, 2.45) is 17.6 Å².